The third-order valence-electron chi connectivity index (χ3n) is 2.73. The molecular weight excluding hydrogens is 212 g/mol. The summed E-state index contributed by atoms with van der Waals surface area (Å²) in [5, 5.41) is 5.60. The summed E-state index contributed by atoms with van der Waals surface area (Å²) < 4.78 is 7.08. The van der Waals surface area contributed by atoms with Crippen LogP contribution in [0, 0.1) is 0 Å². The number of fused-ring (bicyclic) bond motifs is 1. The van der Waals surface area contributed by atoms with Gasteiger partial charge in [-0.25, -0.2) is 4.68 Å². The standard InChI is InChI=1S/C14H12N2O/c1-17-13-7-8-14-11(9-13)10-16(15-14)12-5-3-2-4-6-12/h2-10H,1H3. The zero-order chi connectivity index (χ0) is 11.7. The monoisotopic (exact) mass is 224 g/mol. The van der Waals surface area contributed by atoms with Crippen LogP contribution in [-0.2, 0) is 0 Å². The highest BCUT2D eigenvalue weighted by Gasteiger charge is 2.03. The molecule has 0 atom stereocenters. The van der Waals surface area contributed by atoms with Crippen molar-refractivity contribution < 1.29 is 4.74 Å². The van der Waals surface area contributed by atoms with Gasteiger partial charge in [0.25, 0.3) is 0 Å². The molecule has 84 valence electrons. The van der Waals surface area contributed by atoms with Crippen molar-refractivity contribution in [1.29, 1.82) is 0 Å². The molecule has 0 radical (unpaired) electrons. The molecule has 0 aliphatic heterocycles. The molecule has 1 heterocycles. The first-order valence-corrected chi connectivity index (χ1v) is 5.46. The van der Waals surface area contributed by atoms with Gasteiger partial charge in [0.2, 0.25) is 0 Å². The molecule has 17 heavy (non-hydrogen) atoms. The number of aromatic nitrogens is 2. The molecule has 3 rings (SSSR count). The summed E-state index contributed by atoms with van der Waals surface area (Å²) in [5.74, 6) is 0.852. The highest BCUT2D eigenvalue weighted by atomic mass is 16.5. The highest BCUT2D eigenvalue weighted by Crippen LogP contribution is 2.20. The maximum absolute atomic E-state index is 5.20. The average Bonchev–Trinajstić information content (AvgIpc) is 2.82. The van der Waals surface area contributed by atoms with Crippen LogP contribution in [0.25, 0.3) is 16.6 Å². The van der Waals surface area contributed by atoms with Crippen molar-refractivity contribution in [3.05, 3.63) is 54.7 Å². The van der Waals surface area contributed by atoms with Gasteiger partial charge in [-0.3, -0.25) is 0 Å². The number of rotatable bonds is 2. The van der Waals surface area contributed by atoms with Gasteiger partial charge < -0.3 is 4.74 Å². The van der Waals surface area contributed by atoms with Crippen molar-refractivity contribution in [3.8, 4) is 11.4 Å². The summed E-state index contributed by atoms with van der Waals surface area (Å²) >= 11 is 0. The van der Waals surface area contributed by atoms with E-state index < -0.39 is 0 Å². The van der Waals surface area contributed by atoms with Gasteiger partial charge in [0.05, 0.1) is 18.3 Å². The minimum Gasteiger partial charge on any atom is -0.497 e. The zero-order valence-corrected chi connectivity index (χ0v) is 9.50. The molecule has 0 unspecified atom stereocenters. The number of para-hydroxylation sites is 1. The molecule has 0 amide bonds. The van der Waals surface area contributed by atoms with E-state index in [1.54, 1.807) is 7.11 Å². The molecule has 1 aromatic heterocycles. The van der Waals surface area contributed by atoms with Gasteiger partial charge in [-0.15, -0.1) is 0 Å². The lowest BCUT2D eigenvalue weighted by atomic mass is 10.2. The quantitative estimate of drug-likeness (QED) is 0.669. The highest BCUT2D eigenvalue weighted by molar-refractivity contribution is 5.80. The van der Waals surface area contributed by atoms with E-state index in [9.17, 15) is 0 Å². The average molecular weight is 224 g/mol. The van der Waals surface area contributed by atoms with Gasteiger partial charge in [0, 0.05) is 11.6 Å². The number of methoxy groups -OCH3 is 1. The van der Waals surface area contributed by atoms with Crippen LogP contribution < -0.4 is 4.74 Å². The van der Waals surface area contributed by atoms with Gasteiger partial charge in [-0.1, -0.05) is 18.2 Å². The third-order valence-corrected chi connectivity index (χ3v) is 2.73. The van der Waals surface area contributed by atoms with Crippen LogP contribution >= 0.6 is 0 Å². The molecule has 3 aromatic rings. The zero-order valence-electron chi connectivity index (χ0n) is 9.50. The number of nitrogens with zero attached hydrogens (tertiary/aromatic N) is 2. The molecule has 0 saturated carbocycles. The fraction of sp³-hybridized carbons (Fsp3) is 0.0714. The van der Waals surface area contributed by atoms with Crippen molar-refractivity contribution in [1.82, 2.24) is 9.78 Å². The SMILES string of the molecule is COc1ccc2nn(-c3ccccc3)cc2c1. The Labute approximate surface area is 99.3 Å². The van der Waals surface area contributed by atoms with Gasteiger partial charge >= 0.3 is 0 Å². The second-order valence-electron chi connectivity index (χ2n) is 3.83. The summed E-state index contributed by atoms with van der Waals surface area (Å²) in [6.07, 6.45) is 2.01. The maximum atomic E-state index is 5.20. The van der Waals surface area contributed by atoms with Gasteiger partial charge in [-0.05, 0) is 30.3 Å². The molecular formula is C14H12N2O. The molecule has 0 fully saturated rings. The lowest BCUT2D eigenvalue weighted by Gasteiger charge is -1.98. The number of benzene rings is 2. The van der Waals surface area contributed by atoms with Crippen molar-refractivity contribution in [2.75, 3.05) is 7.11 Å². The molecule has 0 bridgehead atoms. The Balaban J connectivity index is 2.14. The Morgan fingerprint density at radius 2 is 1.88 bits per heavy atom. The van der Waals surface area contributed by atoms with Crippen molar-refractivity contribution in [2.24, 2.45) is 0 Å². The van der Waals surface area contributed by atoms with Crippen LogP contribution in [0.2, 0.25) is 0 Å². The minimum atomic E-state index is 0.852. The third kappa shape index (κ3) is 1.76. The van der Waals surface area contributed by atoms with Gasteiger partial charge in [-0.2, -0.15) is 5.10 Å². The lowest BCUT2D eigenvalue weighted by Crippen LogP contribution is -1.92. The van der Waals surface area contributed by atoms with E-state index in [0.29, 0.717) is 0 Å². The van der Waals surface area contributed by atoms with Crippen LogP contribution in [0.3, 0.4) is 0 Å². The van der Waals surface area contributed by atoms with Crippen LogP contribution in [0.5, 0.6) is 5.75 Å². The van der Waals surface area contributed by atoms with Crippen molar-refractivity contribution in [2.45, 2.75) is 0 Å². The first-order valence-electron chi connectivity index (χ1n) is 5.46. The molecule has 0 aliphatic carbocycles. The summed E-state index contributed by atoms with van der Waals surface area (Å²) in [6, 6.07) is 15.9. The molecule has 3 nitrogen and oxygen atoms in total. The Morgan fingerprint density at radius 1 is 1.06 bits per heavy atom. The van der Waals surface area contributed by atoms with E-state index in [1.807, 2.05) is 59.4 Å². The van der Waals surface area contributed by atoms with Crippen molar-refractivity contribution >= 4 is 10.9 Å². The molecule has 0 N–H and O–H groups in total. The lowest BCUT2D eigenvalue weighted by molar-refractivity contribution is 0.415. The predicted octanol–water partition coefficient (Wildman–Crippen LogP) is 3.03. The predicted molar refractivity (Wildman–Crippen MR) is 67.6 cm³/mol. The van der Waals surface area contributed by atoms with E-state index in [4.69, 9.17) is 4.74 Å². The van der Waals surface area contributed by atoms with E-state index in [1.165, 1.54) is 0 Å². The maximum Gasteiger partial charge on any atom is 0.119 e. The van der Waals surface area contributed by atoms with E-state index in [2.05, 4.69) is 5.10 Å². The first-order chi connectivity index (χ1) is 8.36. The smallest absolute Gasteiger partial charge is 0.119 e. The van der Waals surface area contributed by atoms with Crippen LogP contribution in [0.1, 0.15) is 0 Å². The van der Waals surface area contributed by atoms with Gasteiger partial charge in [0.1, 0.15) is 5.75 Å². The Morgan fingerprint density at radius 3 is 2.65 bits per heavy atom. The van der Waals surface area contributed by atoms with Crippen LogP contribution in [0.15, 0.2) is 54.7 Å². The van der Waals surface area contributed by atoms with Crippen LogP contribution in [-0.4, -0.2) is 16.9 Å². The molecule has 0 aliphatic rings. The Kier molecular flexibility index (Phi) is 2.29. The fourth-order valence-electron chi connectivity index (χ4n) is 1.84. The van der Waals surface area contributed by atoms with Crippen molar-refractivity contribution in [3.63, 3.8) is 0 Å². The topological polar surface area (TPSA) is 27.1 Å². The second-order valence-corrected chi connectivity index (χ2v) is 3.83. The Bertz CT molecular complexity index is 644. The first kappa shape index (κ1) is 9.90. The van der Waals surface area contributed by atoms with E-state index in [0.717, 1.165) is 22.3 Å². The molecule has 0 saturated heterocycles. The molecule has 3 heteroatoms. The van der Waals surface area contributed by atoms with E-state index in [-0.39, 0.29) is 0 Å². The second kappa shape index (κ2) is 3.94. The van der Waals surface area contributed by atoms with Gasteiger partial charge in [0.15, 0.2) is 0 Å². The summed E-state index contributed by atoms with van der Waals surface area (Å²) in [7, 11) is 1.67. The Hall–Kier alpha value is -2.29. The molecule has 2 aromatic carbocycles. The number of ether oxygens (including phenoxy) is 1. The van der Waals surface area contributed by atoms with E-state index >= 15 is 0 Å². The summed E-state index contributed by atoms with van der Waals surface area (Å²) in [5.41, 5.74) is 2.03. The summed E-state index contributed by atoms with van der Waals surface area (Å²) in [6.45, 7) is 0. The largest absolute Gasteiger partial charge is 0.497 e. The van der Waals surface area contributed by atoms with Crippen LogP contribution in [0.4, 0.5) is 0 Å². The number of hydrogen-bond acceptors (Lipinski definition) is 2. The fourth-order valence-corrected chi connectivity index (χ4v) is 1.84. The number of hydrogen-bond donors (Lipinski definition) is 0. The summed E-state index contributed by atoms with van der Waals surface area (Å²) in [4.78, 5) is 0. The molecule has 0 spiro atoms. The minimum absolute atomic E-state index is 0.852. The normalized spacial score (nSPS) is 10.6.